The topological polar surface area (TPSA) is 234 Å². The minimum Gasteiger partial charge on any atom is -0.350 e. The maximum Gasteiger partial charge on any atom is 0.251 e. The first-order valence-corrected chi connectivity index (χ1v) is 43.3. The van der Waals surface area contributed by atoms with Crippen LogP contribution in [0.2, 0.25) is 10.0 Å². The van der Waals surface area contributed by atoms with Gasteiger partial charge in [-0.15, -0.1) is 0 Å². The molecule has 1 saturated carbocycles. The van der Waals surface area contributed by atoms with E-state index in [1.165, 1.54) is 41.5 Å². The number of amides is 6. The summed E-state index contributed by atoms with van der Waals surface area (Å²) in [5.41, 5.74) is 12.3. The average molecular weight is 1620 g/mol. The van der Waals surface area contributed by atoms with Crippen molar-refractivity contribution in [1.29, 1.82) is 0 Å². The fourth-order valence-electron chi connectivity index (χ4n) is 16.9. The molecule has 4 fully saturated rings. The van der Waals surface area contributed by atoms with Crippen LogP contribution in [0.25, 0.3) is 21.5 Å². The molecular formula is C97H122Cl2N12O6. The minimum atomic E-state index is -0.354. The van der Waals surface area contributed by atoms with Crippen molar-refractivity contribution in [3.8, 4) is 0 Å². The van der Waals surface area contributed by atoms with E-state index in [4.69, 9.17) is 28.9 Å². The Hall–Kier alpha value is -9.34. The molecule has 13 rings (SSSR count). The van der Waals surface area contributed by atoms with Crippen LogP contribution in [0.15, 0.2) is 224 Å². The van der Waals surface area contributed by atoms with E-state index in [1.807, 2.05) is 143 Å². The Morgan fingerprint density at radius 3 is 1.14 bits per heavy atom. The summed E-state index contributed by atoms with van der Waals surface area (Å²) in [6.45, 7) is 20.5. The van der Waals surface area contributed by atoms with Gasteiger partial charge in [-0.3, -0.25) is 28.8 Å². The molecule has 1 aliphatic carbocycles. The molecule has 9 aromatic rings. The van der Waals surface area contributed by atoms with Crippen LogP contribution in [-0.2, 0) is 14.4 Å². The van der Waals surface area contributed by atoms with Crippen molar-refractivity contribution in [2.75, 3.05) is 78.5 Å². The zero-order valence-electron chi connectivity index (χ0n) is 69.0. The molecule has 6 amide bonds. The number of carbonyl (C=O) groups is 6. The van der Waals surface area contributed by atoms with Gasteiger partial charge in [0.05, 0.1) is 28.2 Å². The number of nitrogens with one attached hydrogen (secondary N) is 8. The molecule has 2 unspecified atom stereocenters. The van der Waals surface area contributed by atoms with Crippen LogP contribution in [0.4, 0.5) is 0 Å². The summed E-state index contributed by atoms with van der Waals surface area (Å²) in [6, 6.07) is 73.9. The zero-order valence-corrected chi connectivity index (χ0v) is 70.6. The molecule has 8 atom stereocenters. The van der Waals surface area contributed by atoms with Gasteiger partial charge in [-0.1, -0.05) is 266 Å². The van der Waals surface area contributed by atoms with Gasteiger partial charge in [-0.25, -0.2) is 0 Å². The first-order valence-electron chi connectivity index (χ1n) is 42.5. The Morgan fingerprint density at radius 2 is 0.761 bits per heavy atom. The molecule has 0 aromatic heterocycles. The number of halogens is 2. The molecule has 18 nitrogen and oxygen atoms in total. The van der Waals surface area contributed by atoms with E-state index in [-0.39, 0.29) is 83.5 Å². The van der Waals surface area contributed by atoms with E-state index in [2.05, 4.69) is 162 Å². The Labute approximate surface area is 703 Å². The minimum absolute atomic E-state index is 0.0145. The largest absolute Gasteiger partial charge is 0.350 e. The second-order valence-corrected chi connectivity index (χ2v) is 33.7. The highest BCUT2D eigenvalue weighted by molar-refractivity contribution is 6.42. The molecule has 9 aromatic carbocycles. The first kappa shape index (κ1) is 88.5. The number of benzene rings is 9. The Morgan fingerprint density at radius 1 is 0.419 bits per heavy atom. The van der Waals surface area contributed by atoms with E-state index >= 15 is 0 Å². The summed E-state index contributed by atoms with van der Waals surface area (Å²) in [6.07, 6.45) is 9.01. The van der Waals surface area contributed by atoms with Gasteiger partial charge in [0.15, 0.2) is 0 Å². The van der Waals surface area contributed by atoms with Crippen molar-refractivity contribution in [3.63, 3.8) is 0 Å². The second-order valence-electron chi connectivity index (χ2n) is 32.9. The monoisotopic (exact) mass is 1620 g/mol. The van der Waals surface area contributed by atoms with Crippen molar-refractivity contribution in [1.82, 2.24) is 57.2 Å². The molecule has 3 heterocycles. The third kappa shape index (κ3) is 26.1. The highest BCUT2D eigenvalue weighted by atomic mass is 35.5. The summed E-state index contributed by atoms with van der Waals surface area (Å²) >= 11 is 12.1. The van der Waals surface area contributed by atoms with Gasteiger partial charge in [-0.05, 0) is 169 Å². The van der Waals surface area contributed by atoms with Crippen LogP contribution in [0.5, 0.6) is 0 Å². The number of hydrogen-bond donors (Lipinski definition) is 9. The van der Waals surface area contributed by atoms with Gasteiger partial charge in [0, 0.05) is 118 Å². The molecule has 4 aliphatic rings. The molecule has 0 spiro atoms. The number of rotatable bonds is 30. The van der Waals surface area contributed by atoms with Crippen LogP contribution in [0, 0.1) is 17.8 Å². The van der Waals surface area contributed by atoms with E-state index in [0.29, 0.717) is 122 Å². The SMILES string of the molecule is CC(C)NCC[C@@H]1N[C@H](CNC(=O)c2ccc(Cl)c(Cl)c2)CCN(CC(c2ccccc2)c2ccccc2)C1=O.CC(C)NCC[C@@H]1N[C@H](CNC(=O)c2ccc3ccccc3c2)CCN(CC(c2ccccc2)c2ccccc2)C1=O.CC1CCCC(C)C1CN1CC[C@@H](CNC(=O)c2ccc3ccccc3c2)N[C@@H](CCCN)C1=O. The Bertz CT molecular complexity index is 4550. The lowest BCUT2D eigenvalue weighted by Gasteiger charge is -2.38. The van der Waals surface area contributed by atoms with Gasteiger partial charge in [0.1, 0.15) is 0 Å². The highest BCUT2D eigenvalue weighted by Gasteiger charge is 2.38. The van der Waals surface area contributed by atoms with Gasteiger partial charge in [0.25, 0.3) is 17.7 Å². The number of nitrogens with zero attached hydrogens (tertiary/aromatic N) is 3. The molecule has 20 heteroatoms. The van der Waals surface area contributed by atoms with Crippen molar-refractivity contribution in [3.05, 3.63) is 273 Å². The van der Waals surface area contributed by atoms with E-state index in [9.17, 15) is 28.8 Å². The number of carbonyl (C=O) groups excluding carboxylic acids is 6. The maximum absolute atomic E-state index is 14.0. The summed E-state index contributed by atoms with van der Waals surface area (Å²) in [7, 11) is 0. The highest BCUT2D eigenvalue weighted by Crippen LogP contribution is 2.36. The van der Waals surface area contributed by atoms with Crippen LogP contribution >= 0.6 is 23.2 Å². The number of nitrogens with two attached hydrogens (primary N) is 1. The molecule has 0 radical (unpaired) electrons. The fourth-order valence-corrected chi connectivity index (χ4v) is 17.2. The lowest BCUT2D eigenvalue weighted by molar-refractivity contribution is -0.134. The van der Waals surface area contributed by atoms with Gasteiger partial charge in [0.2, 0.25) is 17.7 Å². The normalized spacial score (nSPS) is 20.6. The average Bonchev–Trinajstić information content (AvgIpc) is 1.78. The van der Waals surface area contributed by atoms with Gasteiger partial charge in [-0.2, -0.15) is 0 Å². The standard InChI is InChI=1S/C36H42N4O2.C32H38Cl2N4O2.C29H42N4O2/c1-26(2)37-21-19-34-36(42)40(25-33(28-12-5-3-6-13-28)29-14-7-4-8-15-29)22-20-32(39-34)24-38-35(41)31-18-17-27-11-9-10-16-30(27)23-31;1-22(2)35-17-15-30-32(40)38(21-27(23-9-5-3-6-10-23)24-11-7-4-8-12-24)18-16-26(37-30)20-36-31(39)25-13-14-28(33)29(34)19-25;1-20-7-5-8-21(2)26(20)19-33-16-14-25(32-27(29(33)35)11-6-15-30)18-31-28(34)24-13-12-22-9-3-4-10-23(22)17-24/h3-18,23,26,32-34,37,39H,19-22,24-25H2,1-2H3,(H,38,41);3-14,19,22,26-27,30,35,37H,15-18,20-21H2,1-2H3,(H,36,39);3-4,9-10,12-13,17,20-21,25-27,32H,5-8,11,14-16,18-19,30H2,1-2H3,(H,31,34)/t32-,34-;26-,30-;20?,21?,25-,26?,27-/m000/s1. The van der Waals surface area contributed by atoms with Crippen LogP contribution < -0.4 is 48.3 Å². The van der Waals surface area contributed by atoms with Crippen molar-refractivity contribution in [2.45, 2.75) is 166 Å². The Kier molecular flexibility index (Phi) is 34.0. The quantitative estimate of drug-likeness (QED) is 0.0205. The molecule has 620 valence electrons. The molecule has 117 heavy (non-hydrogen) atoms. The van der Waals surface area contributed by atoms with Crippen LogP contribution in [0.3, 0.4) is 0 Å². The van der Waals surface area contributed by atoms with Crippen LogP contribution in [-0.4, -0.2) is 177 Å². The van der Waals surface area contributed by atoms with E-state index in [0.717, 1.165) is 79.8 Å². The second kappa shape index (κ2) is 45.0. The third-order valence-corrected chi connectivity index (χ3v) is 24.3. The lowest BCUT2D eigenvalue weighted by Crippen LogP contribution is -2.50. The van der Waals surface area contributed by atoms with Crippen molar-refractivity contribution in [2.24, 2.45) is 23.5 Å². The summed E-state index contributed by atoms with van der Waals surface area (Å²) < 4.78 is 0. The van der Waals surface area contributed by atoms with Gasteiger partial charge >= 0.3 is 0 Å². The van der Waals surface area contributed by atoms with Crippen LogP contribution in [0.1, 0.15) is 171 Å². The smallest absolute Gasteiger partial charge is 0.251 e. The van der Waals surface area contributed by atoms with Gasteiger partial charge < -0.3 is 63.0 Å². The molecule has 0 bridgehead atoms. The summed E-state index contributed by atoms with van der Waals surface area (Å²) in [5.74, 6) is 2.04. The molecule has 10 N–H and O–H groups in total. The lowest BCUT2D eigenvalue weighted by atomic mass is 9.73. The number of hydrogen-bond acceptors (Lipinski definition) is 12. The predicted octanol–water partition coefficient (Wildman–Crippen LogP) is 14.8. The maximum atomic E-state index is 14.0. The third-order valence-electron chi connectivity index (χ3n) is 23.6. The van der Waals surface area contributed by atoms with E-state index < -0.39 is 0 Å². The van der Waals surface area contributed by atoms with Crippen molar-refractivity contribution >= 4 is 80.2 Å². The summed E-state index contributed by atoms with van der Waals surface area (Å²) in [4.78, 5) is 86.4. The predicted molar refractivity (Wildman–Crippen MR) is 476 cm³/mol. The molecular weight excluding hydrogens is 1500 g/mol. The van der Waals surface area contributed by atoms with E-state index in [1.54, 1.807) is 18.2 Å². The van der Waals surface area contributed by atoms with Crippen molar-refractivity contribution < 1.29 is 28.8 Å². The zero-order chi connectivity index (χ0) is 82.6. The summed E-state index contributed by atoms with van der Waals surface area (Å²) in [5, 5.41) is 32.0. The molecule has 3 aliphatic heterocycles. The Balaban J connectivity index is 0.000000173. The number of fused-ring (bicyclic) bond motifs is 2. The molecule has 3 saturated heterocycles. The fraction of sp³-hybridized carbons (Fsp3) is 0.423. The first-order chi connectivity index (χ1) is 56.7.